The molecule has 4 aromatic rings. The Morgan fingerprint density at radius 2 is 1.33 bits per heavy atom. The Hall–Kier alpha value is -4.38. The van der Waals surface area contributed by atoms with Crippen LogP contribution in [0.3, 0.4) is 0 Å². The molecule has 2 amide bonds. The zero-order valence-electron chi connectivity index (χ0n) is 22.7. The molecule has 0 spiro atoms. The maximum absolute atomic E-state index is 13.8. The van der Waals surface area contributed by atoms with E-state index in [1.165, 1.54) is 5.56 Å². The molecule has 39 heavy (non-hydrogen) atoms. The number of ether oxygens (including phenoxy) is 1. The summed E-state index contributed by atoms with van der Waals surface area (Å²) in [6, 6.07) is 34.9. The largest absolute Gasteiger partial charge is 0.497 e. The lowest BCUT2D eigenvalue weighted by Gasteiger charge is -2.32. The summed E-state index contributed by atoms with van der Waals surface area (Å²) in [5.41, 5.74) is 5.22. The average Bonchev–Trinajstić information content (AvgIpc) is 2.98. The van der Waals surface area contributed by atoms with E-state index in [0.29, 0.717) is 32.4 Å². The minimum absolute atomic E-state index is 0.0545. The van der Waals surface area contributed by atoms with Crippen molar-refractivity contribution in [1.82, 2.24) is 10.2 Å². The Labute approximate surface area is 231 Å². The summed E-state index contributed by atoms with van der Waals surface area (Å²) in [6.45, 7) is 2.77. The van der Waals surface area contributed by atoms with Crippen LogP contribution in [0.25, 0.3) is 0 Å². The van der Waals surface area contributed by atoms with Crippen LogP contribution in [0.4, 0.5) is 0 Å². The number of rotatable bonds is 12. The van der Waals surface area contributed by atoms with Gasteiger partial charge in [-0.05, 0) is 47.7 Å². The van der Waals surface area contributed by atoms with Crippen LogP contribution in [0.1, 0.15) is 34.2 Å². The smallest absolute Gasteiger partial charge is 0.243 e. The number of carbonyl (C=O) groups is 2. The summed E-state index contributed by atoms with van der Waals surface area (Å²) in [5, 5.41) is 3.10. The Morgan fingerprint density at radius 1 is 0.744 bits per heavy atom. The molecular formula is C34H36N2O3. The van der Waals surface area contributed by atoms with Crippen molar-refractivity contribution in [2.24, 2.45) is 0 Å². The summed E-state index contributed by atoms with van der Waals surface area (Å²) in [4.78, 5) is 29.3. The standard InChI is InChI=1S/C34H36N2O3/c1-26-13-15-29(16-14-26)24-35-34(38)32(23-28-11-7-4-8-12-28)36(25-30-17-20-31(39-2)21-18-30)33(37)22-19-27-9-5-3-6-10-27/h3-18,20-21,32H,19,22-25H2,1-2H3,(H,35,38)/t32-/m1/s1. The Bertz CT molecular complexity index is 1320. The Kier molecular flexibility index (Phi) is 9.90. The van der Waals surface area contributed by atoms with E-state index in [4.69, 9.17) is 4.74 Å². The van der Waals surface area contributed by atoms with Crippen molar-refractivity contribution in [3.63, 3.8) is 0 Å². The van der Waals surface area contributed by atoms with Gasteiger partial charge in [0.2, 0.25) is 11.8 Å². The molecule has 4 rings (SSSR count). The average molecular weight is 521 g/mol. The molecule has 4 aromatic carbocycles. The van der Waals surface area contributed by atoms with Crippen molar-refractivity contribution in [2.75, 3.05) is 7.11 Å². The minimum Gasteiger partial charge on any atom is -0.497 e. The highest BCUT2D eigenvalue weighted by molar-refractivity contribution is 5.88. The number of benzene rings is 4. The van der Waals surface area contributed by atoms with E-state index in [2.05, 4.69) is 5.32 Å². The predicted octanol–water partition coefficient (Wildman–Crippen LogP) is 5.89. The zero-order chi connectivity index (χ0) is 27.5. The number of nitrogens with one attached hydrogen (secondary N) is 1. The second-order valence-corrected chi connectivity index (χ2v) is 9.76. The van der Waals surface area contributed by atoms with Crippen LogP contribution in [0.15, 0.2) is 109 Å². The van der Waals surface area contributed by atoms with Gasteiger partial charge in [0.15, 0.2) is 0 Å². The molecule has 5 nitrogen and oxygen atoms in total. The van der Waals surface area contributed by atoms with E-state index in [-0.39, 0.29) is 11.8 Å². The number of nitrogens with zero attached hydrogens (tertiary/aromatic N) is 1. The predicted molar refractivity (Wildman–Crippen MR) is 155 cm³/mol. The monoisotopic (exact) mass is 520 g/mol. The first kappa shape index (κ1) is 27.6. The molecule has 1 N–H and O–H groups in total. The molecule has 200 valence electrons. The van der Waals surface area contributed by atoms with Crippen LogP contribution >= 0.6 is 0 Å². The van der Waals surface area contributed by atoms with Gasteiger partial charge in [-0.1, -0.05) is 103 Å². The molecule has 0 fully saturated rings. The molecule has 0 saturated carbocycles. The van der Waals surface area contributed by atoms with Gasteiger partial charge in [0.05, 0.1) is 7.11 Å². The summed E-state index contributed by atoms with van der Waals surface area (Å²) in [7, 11) is 1.63. The highest BCUT2D eigenvalue weighted by atomic mass is 16.5. The number of hydrogen-bond donors (Lipinski definition) is 1. The number of aryl methyl sites for hydroxylation is 2. The highest BCUT2D eigenvalue weighted by Gasteiger charge is 2.30. The lowest BCUT2D eigenvalue weighted by Crippen LogP contribution is -2.50. The first-order chi connectivity index (χ1) is 19.0. The zero-order valence-corrected chi connectivity index (χ0v) is 22.7. The van der Waals surface area contributed by atoms with Gasteiger partial charge in [0.1, 0.15) is 11.8 Å². The van der Waals surface area contributed by atoms with Gasteiger partial charge in [-0.25, -0.2) is 0 Å². The van der Waals surface area contributed by atoms with Crippen LogP contribution in [0, 0.1) is 6.92 Å². The summed E-state index contributed by atoms with van der Waals surface area (Å²) in [6.07, 6.45) is 1.35. The third-order valence-electron chi connectivity index (χ3n) is 6.84. The fourth-order valence-electron chi connectivity index (χ4n) is 4.53. The van der Waals surface area contributed by atoms with Crippen molar-refractivity contribution < 1.29 is 14.3 Å². The maximum atomic E-state index is 13.8. The van der Waals surface area contributed by atoms with Crippen molar-refractivity contribution in [2.45, 2.75) is 45.3 Å². The van der Waals surface area contributed by atoms with Gasteiger partial charge in [-0.2, -0.15) is 0 Å². The van der Waals surface area contributed by atoms with Crippen molar-refractivity contribution in [1.29, 1.82) is 0 Å². The van der Waals surface area contributed by atoms with Crippen LogP contribution in [0.5, 0.6) is 5.75 Å². The molecule has 0 aliphatic heterocycles. The molecule has 1 atom stereocenters. The van der Waals surface area contributed by atoms with Gasteiger partial charge < -0.3 is 15.0 Å². The third kappa shape index (κ3) is 8.30. The maximum Gasteiger partial charge on any atom is 0.243 e. The summed E-state index contributed by atoms with van der Waals surface area (Å²) < 4.78 is 5.31. The second kappa shape index (κ2) is 14.0. The van der Waals surface area contributed by atoms with Crippen molar-refractivity contribution in [3.8, 4) is 5.75 Å². The van der Waals surface area contributed by atoms with E-state index in [1.807, 2.05) is 116 Å². The van der Waals surface area contributed by atoms with Gasteiger partial charge in [0, 0.05) is 25.9 Å². The van der Waals surface area contributed by atoms with Gasteiger partial charge in [-0.15, -0.1) is 0 Å². The molecule has 0 bridgehead atoms. The summed E-state index contributed by atoms with van der Waals surface area (Å²) >= 11 is 0. The quantitative estimate of drug-likeness (QED) is 0.253. The first-order valence-electron chi connectivity index (χ1n) is 13.4. The SMILES string of the molecule is COc1ccc(CN(C(=O)CCc2ccccc2)[C@H](Cc2ccccc2)C(=O)NCc2ccc(C)cc2)cc1. The fourth-order valence-corrected chi connectivity index (χ4v) is 4.53. The highest BCUT2D eigenvalue weighted by Crippen LogP contribution is 2.19. The molecule has 0 aliphatic carbocycles. The minimum atomic E-state index is -0.664. The third-order valence-corrected chi connectivity index (χ3v) is 6.84. The Balaban J connectivity index is 1.60. The lowest BCUT2D eigenvalue weighted by atomic mass is 10.0. The van der Waals surface area contributed by atoms with Crippen molar-refractivity contribution >= 4 is 11.8 Å². The molecule has 0 heterocycles. The van der Waals surface area contributed by atoms with E-state index in [0.717, 1.165) is 28.0 Å². The van der Waals surface area contributed by atoms with Crippen LogP contribution in [0.2, 0.25) is 0 Å². The molecule has 0 aliphatic rings. The van der Waals surface area contributed by atoms with E-state index < -0.39 is 6.04 Å². The Morgan fingerprint density at radius 3 is 1.95 bits per heavy atom. The van der Waals surface area contributed by atoms with Crippen LogP contribution in [-0.2, 0) is 35.5 Å². The topological polar surface area (TPSA) is 58.6 Å². The molecule has 0 radical (unpaired) electrons. The molecule has 0 saturated heterocycles. The second-order valence-electron chi connectivity index (χ2n) is 9.76. The van der Waals surface area contributed by atoms with Gasteiger partial charge in [-0.3, -0.25) is 9.59 Å². The number of carbonyl (C=O) groups excluding carboxylic acids is 2. The number of hydrogen-bond acceptors (Lipinski definition) is 3. The molecular weight excluding hydrogens is 484 g/mol. The normalized spacial score (nSPS) is 11.4. The van der Waals surface area contributed by atoms with Gasteiger partial charge in [0.25, 0.3) is 0 Å². The van der Waals surface area contributed by atoms with Crippen molar-refractivity contribution in [3.05, 3.63) is 137 Å². The number of amides is 2. The lowest BCUT2D eigenvalue weighted by molar-refractivity contribution is -0.141. The fraction of sp³-hybridized carbons (Fsp3) is 0.235. The number of methoxy groups -OCH3 is 1. The molecule has 0 unspecified atom stereocenters. The van der Waals surface area contributed by atoms with E-state index in [9.17, 15) is 9.59 Å². The molecule has 5 heteroatoms. The van der Waals surface area contributed by atoms with Crippen LogP contribution < -0.4 is 10.1 Å². The first-order valence-corrected chi connectivity index (χ1v) is 13.4. The molecule has 0 aromatic heterocycles. The van der Waals surface area contributed by atoms with Gasteiger partial charge >= 0.3 is 0 Å². The van der Waals surface area contributed by atoms with E-state index >= 15 is 0 Å². The summed E-state index contributed by atoms with van der Waals surface area (Å²) in [5.74, 6) is 0.527. The van der Waals surface area contributed by atoms with Crippen LogP contribution in [-0.4, -0.2) is 29.9 Å². The van der Waals surface area contributed by atoms with E-state index in [1.54, 1.807) is 12.0 Å².